The highest BCUT2D eigenvalue weighted by atomic mass is 16.6. The van der Waals surface area contributed by atoms with Gasteiger partial charge in [0.25, 0.3) is 0 Å². The molecule has 0 heterocycles. The Balaban J connectivity index is 2.39. The van der Waals surface area contributed by atoms with Crippen LogP contribution in [0.4, 0.5) is 4.79 Å². The minimum absolute atomic E-state index is 0.0340. The highest BCUT2D eigenvalue weighted by Gasteiger charge is 2.29. The van der Waals surface area contributed by atoms with Gasteiger partial charge in [0.1, 0.15) is 5.60 Å². The number of nitrogens with one attached hydrogen (secondary N) is 1. The molecule has 0 spiro atoms. The fourth-order valence-corrected chi connectivity index (χ4v) is 1.81. The van der Waals surface area contributed by atoms with Crippen LogP contribution in [0.5, 0.6) is 0 Å². The Bertz CT molecular complexity index is 250. The molecule has 0 aliphatic heterocycles. The lowest BCUT2D eigenvalue weighted by atomic mass is 9.89. The summed E-state index contributed by atoms with van der Waals surface area (Å²) in [6.45, 7) is 5.42. The van der Waals surface area contributed by atoms with Gasteiger partial charge in [-0.2, -0.15) is 0 Å². The molecule has 1 unspecified atom stereocenters. The van der Waals surface area contributed by atoms with Crippen molar-refractivity contribution in [3.8, 4) is 0 Å². The van der Waals surface area contributed by atoms with Gasteiger partial charge in [-0.05, 0) is 40.0 Å². The summed E-state index contributed by atoms with van der Waals surface area (Å²) in [6.07, 6.45) is 0.989. The number of aliphatic hydroxyl groups excluding tert-OH is 1. The molecule has 94 valence electrons. The number of hydrogen-bond donors (Lipinski definition) is 3. The molecule has 0 saturated heterocycles. The van der Waals surface area contributed by atoms with Crippen LogP contribution in [-0.4, -0.2) is 35.0 Å². The lowest BCUT2D eigenvalue weighted by Gasteiger charge is -2.32. The van der Waals surface area contributed by atoms with Crippen LogP contribution in [0.2, 0.25) is 0 Å². The summed E-state index contributed by atoms with van der Waals surface area (Å²) in [4.78, 5) is 11.5. The Hall–Kier alpha value is -0.810. The summed E-state index contributed by atoms with van der Waals surface area (Å²) in [5.41, 5.74) is 5.20. The van der Waals surface area contributed by atoms with Crippen molar-refractivity contribution in [3.63, 3.8) is 0 Å². The first-order valence-corrected chi connectivity index (χ1v) is 5.71. The molecule has 0 aromatic heterocycles. The number of aliphatic hydroxyl groups is 1. The van der Waals surface area contributed by atoms with E-state index < -0.39 is 17.8 Å². The topological polar surface area (TPSA) is 84.6 Å². The lowest BCUT2D eigenvalue weighted by Crippen LogP contribution is -2.50. The van der Waals surface area contributed by atoms with Crippen LogP contribution in [0, 0.1) is 0 Å². The second kappa shape index (κ2) is 5.01. The van der Waals surface area contributed by atoms with Crippen LogP contribution in [0.1, 0.15) is 40.0 Å². The van der Waals surface area contributed by atoms with Crippen molar-refractivity contribution in [2.75, 3.05) is 0 Å². The van der Waals surface area contributed by atoms with Crippen molar-refractivity contribution >= 4 is 6.09 Å². The maximum atomic E-state index is 11.5. The molecule has 1 aliphatic carbocycles. The summed E-state index contributed by atoms with van der Waals surface area (Å²) in [5, 5.41) is 12.4. The number of carbonyl (C=O) groups is 1. The Labute approximate surface area is 96.3 Å². The van der Waals surface area contributed by atoms with E-state index in [0.717, 1.165) is 6.42 Å². The molecule has 0 bridgehead atoms. The number of rotatable bonds is 1. The van der Waals surface area contributed by atoms with Gasteiger partial charge in [-0.1, -0.05) is 0 Å². The van der Waals surface area contributed by atoms with E-state index in [1.54, 1.807) is 20.8 Å². The van der Waals surface area contributed by atoms with Crippen molar-refractivity contribution in [2.45, 2.75) is 63.8 Å². The van der Waals surface area contributed by atoms with Gasteiger partial charge < -0.3 is 20.9 Å². The zero-order chi connectivity index (χ0) is 12.3. The fourth-order valence-electron chi connectivity index (χ4n) is 1.81. The molecule has 1 fully saturated rings. The Kier molecular flexibility index (Phi) is 4.15. The van der Waals surface area contributed by atoms with Crippen molar-refractivity contribution in [2.24, 2.45) is 5.73 Å². The van der Waals surface area contributed by atoms with Crippen molar-refractivity contribution in [1.29, 1.82) is 0 Å². The molecule has 4 N–H and O–H groups in total. The van der Waals surface area contributed by atoms with Gasteiger partial charge in [0, 0.05) is 6.04 Å². The molecule has 0 aromatic rings. The van der Waals surface area contributed by atoms with Crippen LogP contribution in [0.25, 0.3) is 0 Å². The van der Waals surface area contributed by atoms with E-state index in [0.29, 0.717) is 12.8 Å². The molecule has 5 heteroatoms. The zero-order valence-corrected chi connectivity index (χ0v) is 10.2. The van der Waals surface area contributed by atoms with Crippen LogP contribution in [0.3, 0.4) is 0 Å². The zero-order valence-electron chi connectivity index (χ0n) is 10.2. The second-order valence-corrected chi connectivity index (χ2v) is 5.39. The maximum Gasteiger partial charge on any atom is 0.407 e. The molecule has 16 heavy (non-hydrogen) atoms. The molecule has 1 rings (SSSR count). The minimum atomic E-state index is -0.573. The second-order valence-electron chi connectivity index (χ2n) is 5.39. The molecule has 3 atom stereocenters. The molecule has 1 saturated carbocycles. The first-order chi connectivity index (χ1) is 7.28. The summed E-state index contributed by atoms with van der Waals surface area (Å²) in [5.74, 6) is 0. The predicted molar refractivity (Wildman–Crippen MR) is 61.0 cm³/mol. The van der Waals surface area contributed by atoms with Gasteiger partial charge in [0.15, 0.2) is 0 Å². The average Bonchev–Trinajstić information content (AvgIpc) is 2.06. The van der Waals surface area contributed by atoms with Crippen LogP contribution in [-0.2, 0) is 4.74 Å². The molecule has 1 aliphatic rings. The molecular weight excluding hydrogens is 208 g/mol. The van der Waals surface area contributed by atoms with Gasteiger partial charge in [-0.15, -0.1) is 0 Å². The monoisotopic (exact) mass is 230 g/mol. The van der Waals surface area contributed by atoms with Gasteiger partial charge >= 0.3 is 6.09 Å². The summed E-state index contributed by atoms with van der Waals surface area (Å²) in [7, 11) is 0. The van der Waals surface area contributed by atoms with Gasteiger partial charge in [0.05, 0.1) is 12.1 Å². The smallest absolute Gasteiger partial charge is 0.407 e. The first-order valence-electron chi connectivity index (χ1n) is 5.71. The standard InChI is InChI=1S/C11H22N2O3/c1-11(2,3)16-10(15)13-8-5-4-7(12)6-9(8)14/h7-9,14H,4-6,12H2,1-3H3,(H,13,15)/t7-,8-,9?/m0/s1. The first kappa shape index (κ1) is 13.3. The average molecular weight is 230 g/mol. The molecule has 5 nitrogen and oxygen atoms in total. The Morgan fingerprint density at radius 2 is 2.06 bits per heavy atom. The highest BCUT2D eigenvalue weighted by molar-refractivity contribution is 5.68. The van der Waals surface area contributed by atoms with E-state index >= 15 is 0 Å². The quantitative estimate of drug-likeness (QED) is 0.620. The highest BCUT2D eigenvalue weighted by Crippen LogP contribution is 2.18. The van der Waals surface area contributed by atoms with E-state index in [1.807, 2.05) is 0 Å². The van der Waals surface area contributed by atoms with E-state index in [9.17, 15) is 9.90 Å². The number of amides is 1. The number of carbonyl (C=O) groups excluding carboxylic acids is 1. The van der Waals surface area contributed by atoms with Crippen LogP contribution < -0.4 is 11.1 Å². The molecule has 0 radical (unpaired) electrons. The van der Waals surface area contributed by atoms with Crippen molar-refractivity contribution in [1.82, 2.24) is 5.32 Å². The largest absolute Gasteiger partial charge is 0.444 e. The van der Waals surface area contributed by atoms with E-state index in [2.05, 4.69) is 5.32 Å². The number of hydrogen-bond acceptors (Lipinski definition) is 4. The summed E-state index contributed by atoms with van der Waals surface area (Å²) >= 11 is 0. The minimum Gasteiger partial charge on any atom is -0.444 e. The lowest BCUT2D eigenvalue weighted by molar-refractivity contribution is 0.0345. The van der Waals surface area contributed by atoms with E-state index in [1.165, 1.54) is 0 Å². The molecule has 1 amide bonds. The van der Waals surface area contributed by atoms with Crippen LogP contribution in [0.15, 0.2) is 0 Å². The third-order valence-electron chi connectivity index (χ3n) is 2.56. The molecule has 0 aromatic carbocycles. The summed E-state index contributed by atoms with van der Waals surface area (Å²) in [6, 6.07) is -0.207. The van der Waals surface area contributed by atoms with Crippen molar-refractivity contribution < 1.29 is 14.6 Å². The van der Waals surface area contributed by atoms with Gasteiger partial charge in [-0.3, -0.25) is 0 Å². The third kappa shape index (κ3) is 4.37. The Morgan fingerprint density at radius 1 is 1.44 bits per heavy atom. The SMILES string of the molecule is CC(C)(C)OC(=O)N[C@H]1CC[C@H](N)CC1O. The predicted octanol–water partition coefficient (Wildman–Crippen LogP) is 0.752. The maximum absolute atomic E-state index is 11.5. The number of alkyl carbamates (subject to hydrolysis) is 1. The normalized spacial score (nSPS) is 30.9. The molecular formula is C11H22N2O3. The number of nitrogens with two attached hydrogens (primary N) is 1. The third-order valence-corrected chi connectivity index (χ3v) is 2.56. The van der Waals surface area contributed by atoms with Crippen LogP contribution >= 0.6 is 0 Å². The van der Waals surface area contributed by atoms with Crippen molar-refractivity contribution in [3.05, 3.63) is 0 Å². The van der Waals surface area contributed by atoms with Gasteiger partial charge in [-0.25, -0.2) is 4.79 Å². The number of ether oxygens (including phenoxy) is 1. The van der Waals surface area contributed by atoms with E-state index in [-0.39, 0.29) is 12.1 Å². The van der Waals surface area contributed by atoms with E-state index in [4.69, 9.17) is 10.5 Å². The Morgan fingerprint density at radius 3 is 2.56 bits per heavy atom. The van der Waals surface area contributed by atoms with Gasteiger partial charge in [0.2, 0.25) is 0 Å². The fraction of sp³-hybridized carbons (Fsp3) is 0.909. The summed E-state index contributed by atoms with van der Waals surface area (Å²) < 4.78 is 5.12.